The molecule has 0 aliphatic rings. The maximum absolute atomic E-state index is 6.61. The Morgan fingerprint density at radius 3 is 1.69 bits per heavy atom. The Bertz CT molecular complexity index is 3140. The van der Waals surface area contributed by atoms with Gasteiger partial charge >= 0.3 is 0 Å². The molecule has 2 aromatic heterocycles. The Morgan fingerprint density at radius 1 is 0.382 bits per heavy atom. The molecule has 0 saturated carbocycles. The number of benzene rings is 9. The maximum Gasteiger partial charge on any atom is 0.138 e. The summed E-state index contributed by atoms with van der Waals surface area (Å²) in [7, 11) is 0. The SMILES string of the molecule is c1ccc(-c2cc(-c3ccccc3)cc(-n3c4ccccc4c4c(N(c5ccccc5)c5c6ccccc6cc6oc7ccccc7c56)cccc43)c2)cc1. The molecule has 0 atom stereocenters. The summed E-state index contributed by atoms with van der Waals surface area (Å²) in [5, 5.41) is 6.86. The second-order valence-corrected chi connectivity index (χ2v) is 14.1. The predicted molar refractivity (Wildman–Crippen MR) is 231 cm³/mol. The van der Waals surface area contributed by atoms with Gasteiger partial charge in [-0.1, -0.05) is 146 Å². The molecule has 11 aromatic rings. The molecule has 0 spiro atoms. The summed E-state index contributed by atoms with van der Waals surface area (Å²) >= 11 is 0. The van der Waals surface area contributed by atoms with Gasteiger partial charge < -0.3 is 13.9 Å². The van der Waals surface area contributed by atoms with Gasteiger partial charge in [0, 0.05) is 32.9 Å². The number of hydrogen-bond acceptors (Lipinski definition) is 2. The van der Waals surface area contributed by atoms with E-state index in [4.69, 9.17) is 4.42 Å². The Kier molecular flexibility index (Phi) is 7.17. The van der Waals surface area contributed by atoms with E-state index in [0.717, 1.165) is 66.5 Å². The summed E-state index contributed by atoms with van der Waals surface area (Å²) in [6, 6.07) is 74.0. The third-order valence-corrected chi connectivity index (χ3v) is 10.9. The van der Waals surface area contributed by atoms with Gasteiger partial charge in [0.25, 0.3) is 0 Å². The normalized spacial score (nSPS) is 11.6. The number of aromatic nitrogens is 1. The Morgan fingerprint density at radius 2 is 0.964 bits per heavy atom. The molecule has 0 amide bonds. The highest BCUT2D eigenvalue weighted by Gasteiger charge is 2.26. The molecule has 0 fully saturated rings. The molecule has 9 aromatic carbocycles. The number of fused-ring (bicyclic) bond motifs is 7. The zero-order chi connectivity index (χ0) is 36.3. The quantitative estimate of drug-likeness (QED) is 0.172. The second-order valence-electron chi connectivity index (χ2n) is 14.1. The zero-order valence-electron chi connectivity index (χ0n) is 29.9. The second kappa shape index (κ2) is 12.6. The van der Waals surface area contributed by atoms with Crippen LogP contribution >= 0.6 is 0 Å². The van der Waals surface area contributed by atoms with Gasteiger partial charge in [-0.25, -0.2) is 0 Å². The predicted octanol–water partition coefficient (Wildman–Crippen LogP) is 14.6. The van der Waals surface area contributed by atoms with Crippen molar-refractivity contribution in [2.75, 3.05) is 4.90 Å². The van der Waals surface area contributed by atoms with E-state index in [1.165, 1.54) is 33.0 Å². The number of para-hydroxylation sites is 3. The van der Waals surface area contributed by atoms with Gasteiger partial charge in [-0.05, 0) is 88.3 Å². The van der Waals surface area contributed by atoms with E-state index in [1.807, 2.05) is 6.07 Å². The molecule has 3 heteroatoms. The summed E-state index contributed by atoms with van der Waals surface area (Å²) in [5.41, 5.74) is 13.2. The first kappa shape index (κ1) is 31.2. The van der Waals surface area contributed by atoms with Crippen LogP contribution in [-0.2, 0) is 0 Å². The molecule has 2 heterocycles. The fourth-order valence-corrected chi connectivity index (χ4v) is 8.52. The molecule has 3 nitrogen and oxygen atoms in total. The topological polar surface area (TPSA) is 21.3 Å². The van der Waals surface area contributed by atoms with Crippen molar-refractivity contribution in [1.82, 2.24) is 4.57 Å². The summed E-state index contributed by atoms with van der Waals surface area (Å²) in [6.07, 6.45) is 0. The van der Waals surface area contributed by atoms with Gasteiger partial charge in [0.05, 0.1) is 27.8 Å². The number of furan rings is 1. The highest BCUT2D eigenvalue weighted by Crippen LogP contribution is 2.50. The van der Waals surface area contributed by atoms with Crippen molar-refractivity contribution in [3.63, 3.8) is 0 Å². The highest BCUT2D eigenvalue weighted by molar-refractivity contribution is 6.24. The van der Waals surface area contributed by atoms with Crippen LogP contribution in [-0.4, -0.2) is 4.57 Å². The standard InChI is InChI=1S/C52H34N2O/c1-4-17-35(18-5-1)38-31-39(36-19-6-2-7-20-36)33-41(32-38)53-45-27-14-12-25-43(45)50-46(53)28-16-29-47(50)54(40-22-8-3-9-23-40)52-42-24-11-10-21-37(42)34-49-51(52)44-26-13-15-30-48(44)55-49/h1-34H. The van der Waals surface area contributed by atoms with Crippen molar-refractivity contribution in [2.45, 2.75) is 0 Å². The summed E-state index contributed by atoms with van der Waals surface area (Å²) in [5.74, 6) is 0. The van der Waals surface area contributed by atoms with Crippen LogP contribution in [0.5, 0.6) is 0 Å². The van der Waals surface area contributed by atoms with Gasteiger partial charge in [-0.2, -0.15) is 0 Å². The first-order valence-electron chi connectivity index (χ1n) is 18.8. The molecular weight excluding hydrogens is 669 g/mol. The van der Waals surface area contributed by atoms with E-state index < -0.39 is 0 Å². The molecule has 0 N–H and O–H groups in total. The van der Waals surface area contributed by atoms with Crippen molar-refractivity contribution < 1.29 is 4.42 Å². The average molecular weight is 703 g/mol. The lowest BCUT2D eigenvalue weighted by Crippen LogP contribution is -2.11. The van der Waals surface area contributed by atoms with Crippen LogP contribution in [0.1, 0.15) is 0 Å². The minimum Gasteiger partial charge on any atom is -0.456 e. The molecule has 55 heavy (non-hydrogen) atoms. The lowest BCUT2D eigenvalue weighted by atomic mass is 9.98. The van der Waals surface area contributed by atoms with E-state index in [9.17, 15) is 0 Å². The smallest absolute Gasteiger partial charge is 0.138 e. The van der Waals surface area contributed by atoms with Crippen LogP contribution in [0.15, 0.2) is 211 Å². The molecular formula is C52H34N2O. The van der Waals surface area contributed by atoms with Crippen molar-refractivity contribution in [3.8, 4) is 27.9 Å². The van der Waals surface area contributed by atoms with E-state index >= 15 is 0 Å². The van der Waals surface area contributed by atoms with Crippen molar-refractivity contribution in [3.05, 3.63) is 206 Å². The number of hydrogen-bond donors (Lipinski definition) is 0. The van der Waals surface area contributed by atoms with E-state index in [2.05, 4.69) is 210 Å². The Hall–Kier alpha value is -7.36. The van der Waals surface area contributed by atoms with Crippen molar-refractivity contribution in [2.24, 2.45) is 0 Å². The fraction of sp³-hybridized carbons (Fsp3) is 0. The van der Waals surface area contributed by atoms with Crippen LogP contribution < -0.4 is 4.90 Å². The molecule has 0 bridgehead atoms. The Labute approximate surface area is 318 Å². The molecule has 0 aliphatic carbocycles. The lowest BCUT2D eigenvalue weighted by molar-refractivity contribution is 0.669. The van der Waals surface area contributed by atoms with Gasteiger partial charge in [-0.3, -0.25) is 0 Å². The first-order chi connectivity index (χ1) is 27.3. The third-order valence-electron chi connectivity index (χ3n) is 10.9. The van der Waals surface area contributed by atoms with Gasteiger partial charge in [0.2, 0.25) is 0 Å². The monoisotopic (exact) mass is 702 g/mol. The van der Waals surface area contributed by atoms with Crippen LogP contribution in [0, 0.1) is 0 Å². The van der Waals surface area contributed by atoms with Crippen LogP contribution in [0.4, 0.5) is 17.1 Å². The van der Waals surface area contributed by atoms with Crippen molar-refractivity contribution >= 4 is 71.6 Å². The van der Waals surface area contributed by atoms with Gasteiger partial charge in [-0.15, -0.1) is 0 Å². The number of rotatable bonds is 6. The first-order valence-corrected chi connectivity index (χ1v) is 18.8. The van der Waals surface area contributed by atoms with E-state index in [1.54, 1.807) is 0 Å². The number of anilines is 3. The summed E-state index contributed by atoms with van der Waals surface area (Å²) in [4.78, 5) is 2.46. The summed E-state index contributed by atoms with van der Waals surface area (Å²) < 4.78 is 9.05. The van der Waals surface area contributed by atoms with E-state index in [-0.39, 0.29) is 0 Å². The van der Waals surface area contributed by atoms with Crippen LogP contribution in [0.2, 0.25) is 0 Å². The molecule has 258 valence electrons. The number of nitrogens with zero attached hydrogens (tertiary/aromatic N) is 2. The van der Waals surface area contributed by atoms with Gasteiger partial charge in [0.1, 0.15) is 11.2 Å². The highest BCUT2D eigenvalue weighted by atomic mass is 16.3. The zero-order valence-corrected chi connectivity index (χ0v) is 29.9. The Balaban J connectivity index is 1.25. The average Bonchev–Trinajstić information content (AvgIpc) is 3.80. The molecule has 0 radical (unpaired) electrons. The van der Waals surface area contributed by atoms with Gasteiger partial charge in [0.15, 0.2) is 0 Å². The molecule has 11 rings (SSSR count). The summed E-state index contributed by atoms with van der Waals surface area (Å²) in [6.45, 7) is 0. The largest absolute Gasteiger partial charge is 0.456 e. The minimum absolute atomic E-state index is 0.872. The molecule has 0 unspecified atom stereocenters. The molecule has 0 aliphatic heterocycles. The maximum atomic E-state index is 6.61. The molecule has 0 saturated heterocycles. The van der Waals surface area contributed by atoms with Crippen LogP contribution in [0.25, 0.3) is 82.5 Å². The van der Waals surface area contributed by atoms with E-state index in [0.29, 0.717) is 0 Å². The minimum atomic E-state index is 0.872. The van der Waals surface area contributed by atoms with Crippen molar-refractivity contribution in [1.29, 1.82) is 0 Å². The van der Waals surface area contributed by atoms with Crippen LogP contribution in [0.3, 0.4) is 0 Å². The lowest BCUT2D eigenvalue weighted by Gasteiger charge is -2.28. The fourth-order valence-electron chi connectivity index (χ4n) is 8.52. The third kappa shape index (κ3) is 5.05.